The van der Waals surface area contributed by atoms with E-state index in [1.807, 2.05) is 13.8 Å². The van der Waals surface area contributed by atoms with Gasteiger partial charge in [0.05, 0.1) is 17.9 Å². The lowest BCUT2D eigenvalue weighted by atomic mass is 9.98. The van der Waals surface area contributed by atoms with Crippen LogP contribution >= 0.6 is 0 Å². The van der Waals surface area contributed by atoms with E-state index in [9.17, 15) is 19.5 Å². The molecule has 1 fully saturated rings. The van der Waals surface area contributed by atoms with Gasteiger partial charge in [-0.05, 0) is 69.4 Å². The van der Waals surface area contributed by atoms with Crippen LogP contribution in [0.4, 0.5) is 0 Å². The molecule has 1 saturated heterocycles. The largest absolute Gasteiger partial charge is 0.478 e. The average molecular weight is 563 g/mol. The van der Waals surface area contributed by atoms with Crippen molar-refractivity contribution in [2.75, 3.05) is 20.3 Å². The number of carbonyl (C=O) groups excluding carboxylic acids is 2. The monoisotopic (exact) mass is 562 g/mol. The number of fused-ring (bicyclic) bond motifs is 1. The third-order valence-electron chi connectivity index (χ3n) is 6.42. The zero-order valence-corrected chi connectivity index (χ0v) is 25.5. The van der Waals surface area contributed by atoms with Crippen LogP contribution in [0.2, 0.25) is 0 Å². The fraction of sp³-hybridized carbons (Fsp3) is 0.382. The smallest absolute Gasteiger partial charge is 0.337 e. The Morgan fingerprint density at radius 1 is 1.10 bits per heavy atom. The van der Waals surface area contributed by atoms with E-state index < -0.39 is 12.0 Å². The van der Waals surface area contributed by atoms with Gasteiger partial charge in [-0.15, -0.1) is 12.8 Å². The van der Waals surface area contributed by atoms with Crippen molar-refractivity contribution in [2.45, 2.75) is 66.3 Å². The Hall–Kier alpha value is -4.15. The molecule has 41 heavy (non-hydrogen) atoms. The normalized spacial score (nSPS) is 18.0. The summed E-state index contributed by atoms with van der Waals surface area (Å²) in [5.41, 5.74) is 5.75. The minimum atomic E-state index is -1.12. The van der Waals surface area contributed by atoms with Crippen molar-refractivity contribution < 1.29 is 24.2 Å². The highest BCUT2D eigenvalue weighted by molar-refractivity contribution is 5.94. The number of hydrogen-bond donors (Lipinski definition) is 2. The van der Waals surface area contributed by atoms with Gasteiger partial charge in [0, 0.05) is 19.6 Å². The number of nitrogens with zero attached hydrogens (tertiary/aromatic N) is 1. The second-order valence-electron chi connectivity index (χ2n) is 8.81. The minimum absolute atomic E-state index is 0.000370. The number of benzene rings is 1. The number of terminal acetylenes is 1. The van der Waals surface area contributed by atoms with Gasteiger partial charge in [-0.1, -0.05) is 68.0 Å². The van der Waals surface area contributed by atoms with Gasteiger partial charge < -0.3 is 20.1 Å². The summed E-state index contributed by atoms with van der Waals surface area (Å²) in [7, 11) is 1.77. The molecule has 0 radical (unpaired) electrons. The van der Waals surface area contributed by atoms with Gasteiger partial charge in [0.1, 0.15) is 6.04 Å². The predicted octanol–water partition coefficient (Wildman–Crippen LogP) is 6.27. The lowest BCUT2D eigenvalue weighted by Crippen LogP contribution is -2.42. The van der Waals surface area contributed by atoms with Crippen LogP contribution in [-0.4, -0.2) is 54.6 Å². The number of hydrogen-bond acceptors (Lipinski definition) is 4. The first kappa shape index (κ1) is 36.8. The number of carboxylic acid groups (broad SMARTS) is 1. The molecule has 1 heterocycles. The molecular weight excluding hydrogens is 516 g/mol. The molecule has 0 saturated carbocycles. The lowest BCUT2D eigenvalue weighted by molar-refractivity contribution is -0.132. The fourth-order valence-electron chi connectivity index (χ4n) is 4.67. The molecule has 2 unspecified atom stereocenters. The highest BCUT2D eigenvalue weighted by atomic mass is 16.5. The van der Waals surface area contributed by atoms with Crippen LogP contribution in [0.25, 0.3) is 5.57 Å². The van der Waals surface area contributed by atoms with Crippen molar-refractivity contribution in [1.29, 1.82) is 0 Å². The fourth-order valence-corrected chi connectivity index (χ4v) is 4.67. The Bertz CT molecular complexity index is 1170. The van der Waals surface area contributed by atoms with Crippen molar-refractivity contribution in [3.8, 4) is 12.8 Å². The van der Waals surface area contributed by atoms with Crippen LogP contribution in [0.3, 0.4) is 0 Å². The molecular formula is C34H46N2O5. The number of rotatable bonds is 9. The molecule has 7 nitrogen and oxygen atoms in total. The van der Waals surface area contributed by atoms with Gasteiger partial charge in [0.2, 0.25) is 12.3 Å². The third-order valence-corrected chi connectivity index (χ3v) is 6.42. The van der Waals surface area contributed by atoms with Gasteiger partial charge >= 0.3 is 5.97 Å². The van der Waals surface area contributed by atoms with Gasteiger partial charge in [0.15, 0.2) is 0 Å². The van der Waals surface area contributed by atoms with E-state index in [-0.39, 0.29) is 17.2 Å². The van der Waals surface area contributed by atoms with E-state index in [1.165, 1.54) is 39.3 Å². The van der Waals surface area contributed by atoms with Crippen LogP contribution < -0.4 is 5.32 Å². The summed E-state index contributed by atoms with van der Waals surface area (Å²) in [4.78, 5) is 35.8. The molecule has 7 heteroatoms. The molecule has 1 aliphatic carbocycles. The zero-order chi connectivity index (χ0) is 31.4. The van der Waals surface area contributed by atoms with E-state index >= 15 is 0 Å². The molecule has 0 bridgehead atoms. The summed E-state index contributed by atoms with van der Waals surface area (Å²) in [5, 5.41) is 11.8. The van der Waals surface area contributed by atoms with Gasteiger partial charge in [-0.25, -0.2) is 4.79 Å². The molecule has 1 aromatic rings. The maximum atomic E-state index is 12.2. The van der Waals surface area contributed by atoms with Crippen molar-refractivity contribution >= 4 is 23.9 Å². The number of allylic oxidation sites excluding steroid dienone is 6. The summed E-state index contributed by atoms with van der Waals surface area (Å²) in [5.74, 6) is -1.07. The molecule has 1 aromatic carbocycles. The number of aliphatic carboxylic acids is 1. The number of carbonyl (C=O) groups is 3. The molecule has 2 aliphatic rings. The van der Waals surface area contributed by atoms with Crippen LogP contribution in [0.15, 0.2) is 77.6 Å². The van der Waals surface area contributed by atoms with Crippen molar-refractivity contribution in [3.05, 3.63) is 88.7 Å². The molecule has 2 amide bonds. The van der Waals surface area contributed by atoms with Crippen molar-refractivity contribution in [1.82, 2.24) is 10.2 Å². The van der Waals surface area contributed by atoms with Crippen LogP contribution in [0.5, 0.6) is 0 Å². The average Bonchev–Trinajstić information content (AvgIpc) is 3.58. The van der Waals surface area contributed by atoms with E-state index in [0.717, 1.165) is 13.0 Å². The number of carboxylic acids is 1. The first-order valence-electron chi connectivity index (χ1n) is 13.8. The first-order valence-corrected chi connectivity index (χ1v) is 13.8. The Balaban J connectivity index is 0.000000713. The van der Waals surface area contributed by atoms with E-state index in [4.69, 9.17) is 4.74 Å². The maximum absolute atomic E-state index is 12.2. The molecule has 1 aliphatic heterocycles. The second kappa shape index (κ2) is 20.7. The van der Waals surface area contributed by atoms with Crippen molar-refractivity contribution in [3.63, 3.8) is 0 Å². The maximum Gasteiger partial charge on any atom is 0.337 e. The van der Waals surface area contributed by atoms with Gasteiger partial charge in [0.25, 0.3) is 0 Å². The number of methoxy groups -OCH3 is 1. The van der Waals surface area contributed by atoms with E-state index in [0.29, 0.717) is 25.3 Å². The first-order chi connectivity index (χ1) is 19.8. The summed E-state index contributed by atoms with van der Waals surface area (Å²) in [6.07, 6.45) is 20.5. The number of amides is 2. The SMILES string of the molecule is C#C.C/C=C\C1=C(C)C(COC)c2ccccc21.CC.C\C=C/C(NC(=O)C1CCCN1C=O)=C(\C=C/C)C(=O)O. The summed E-state index contributed by atoms with van der Waals surface area (Å²) in [6, 6.07) is 8.07. The van der Waals surface area contributed by atoms with Crippen LogP contribution in [-0.2, 0) is 19.1 Å². The zero-order valence-electron chi connectivity index (χ0n) is 25.5. The summed E-state index contributed by atoms with van der Waals surface area (Å²) < 4.78 is 5.32. The standard InChI is InChI=1S/C15H20N2O4.C15H18O.C2H6.C2H2/c1-3-6-11(15(20)21)12(7-4-2)16-14(19)13-8-5-9-17(13)10-18;1-4-7-12-11(2)15(10-16-3)14-9-6-5-8-13(12)14;2*1-2/h3-4,6-7,10,13H,5,8-9H2,1-2H3,(H,16,19)(H,20,21);4-9,15H,10H2,1-3H3;1-2H3;1-2H/b6-3-,7-4-,12-11-;7-4-;;. The number of nitrogens with one attached hydrogen (secondary N) is 1. The predicted molar refractivity (Wildman–Crippen MR) is 168 cm³/mol. The molecule has 0 aromatic heterocycles. The highest BCUT2D eigenvalue weighted by Crippen LogP contribution is 2.42. The Morgan fingerprint density at radius 2 is 1.73 bits per heavy atom. The highest BCUT2D eigenvalue weighted by Gasteiger charge is 2.30. The lowest BCUT2D eigenvalue weighted by Gasteiger charge is -2.20. The van der Waals surface area contributed by atoms with Crippen LogP contribution in [0.1, 0.15) is 71.4 Å². The molecule has 3 rings (SSSR count). The summed E-state index contributed by atoms with van der Waals surface area (Å²) in [6.45, 7) is 13.0. The van der Waals surface area contributed by atoms with E-state index in [1.54, 1.807) is 33.1 Å². The Kier molecular flexibility index (Phi) is 18.6. The quantitative estimate of drug-likeness (QED) is 0.160. The van der Waals surface area contributed by atoms with E-state index in [2.05, 4.69) is 68.4 Å². The topological polar surface area (TPSA) is 95.9 Å². The molecule has 2 atom stereocenters. The minimum Gasteiger partial charge on any atom is -0.478 e. The van der Waals surface area contributed by atoms with Gasteiger partial charge in [-0.3, -0.25) is 9.59 Å². The number of likely N-dealkylation sites (tertiary alicyclic amines) is 1. The van der Waals surface area contributed by atoms with Gasteiger partial charge in [-0.2, -0.15) is 0 Å². The summed E-state index contributed by atoms with van der Waals surface area (Å²) >= 11 is 0. The number of ether oxygens (including phenoxy) is 1. The Labute approximate surface area is 246 Å². The molecule has 222 valence electrons. The molecule has 0 spiro atoms. The third kappa shape index (κ3) is 10.4. The Morgan fingerprint density at radius 3 is 2.27 bits per heavy atom. The molecule has 2 N–H and O–H groups in total. The van der Waals surface area contributed by atoms with Crippen LogP contribution in [0, 0.1) is 12.8 Å². The van der Waals surface area contributed by atoms with Crippen molar-refractivity contribution in [2.24, 2.45) is 0 Å². The second-order valence-corrected chi connectivity index (χ2v) is 8.81.